The highest BCUT2D eigenvalue weighted by Crippen LogP contribution is 2.33. The molecule has 3 aliphatic rings. The van der Waals surface area contributed by atoms with E-state index in [1.165, 1.54) is 218 Å². The topological polar surface area (TPSA) is 307 Å². The summed E-state index contributed by atoms with van der Waals surface area (Å²) in [4.78, 5) is 13.4. The maximum absolute atomic E-state index is 13.4. The van der Waals surface area contributed by atoms with Crippen LogP contribution in [0.2, 0.25) is 0 Å². The minimum absolute atomic E-state index is 0.240. The molecule has 0 bridgehead atoms. The lowest BCUT2D eigenvalue weighted by atomic mass is 9.96. The van der Waals surface area contributed by atoms with E-state index in [2.05, 4.69) is 31.3 Å². The lowest BCUT2D eigenvalue weighted by Crippen LogP contribution is -2.66. The number of carbonyl (C=O) groups is 1. The summed E-state index contributed by atoms with van der Waals surface area (Å²) < 4.78 is 34.3. The molecule has 3 aliphatic heterocycles. The maximum Gasteiger partial charge on any atom is 0.220 e. The first-order valence-electron chi connectivity index (χ1n) is 36.6. The zero-order valence-corrected chi connectivity index (χ0v) is 56.1. The van der Waals surface area contributed by atoms with E-state index in [-0.39, 0.29) is 18.9 Å². The van der Waals surface area contributed by atoms with E-state index in [0.29, 0.717) is 12.8 Å². The summed E-state index contributed by atoms with van der Waals surface area (Å²) in [5, 5.41) is 120. The predicted molar refractivity (Wildman–Crippen MR) is 351 cm³/mol. The number of unbranched alkanes of at least 4 members (excludes halogenated alkanes) is 39. The molecule has 0 radical (unpaired) electrons. The normalized spacial score (nSPS) is 28.1. The number of carbonyl (C=O) groups excluding carboxylic acids is 1. The van der Waals surface area contributed by atoms with Crippen molar-refractivity contribution in [3.63, 3.8) is 0 Å². The third kappa shape index (κ3) is 34.8. The number of aliphatic hydroxyl groups is 11. The summed E-state index contributed by atoms with van der Waals surface area (Å²) in [5.41, 5.74) is 0. The Balaban J connectivity index is 1.38. The molecule has 0 aromatic carbocycles. The largest absolute Gasteiger partial charge is 0.394 e. The first-order chi connectivity index (χ1) is 43.8. The van der Waals surface area contributed by atoms with Crippen molar-refractivity contribution in [1.29, 1.82) is 0 Å². The van der Waals surface area contributed by atoms with Crippen molar-refractivity contribution < 1.29 is 89.4 Å². The molecular weight excluding hydrogens is 1150 g/mol. The number of hydrogen-bond acceptors (Lipinski definition) is 18. The SMILES string of the molecule is CCCCCCCCCCCCCCCCCCCCCCCCCCCC/C=C/CC/C=C/C(O)C(COC1OC(CO)C(OC2OC(CO)C(OC3OC(CO)C(O)C(O)C3O)C(O)C2O)C(O)C1O)NC(=O)CCCCCCCCCCCCCCC. The fraction of sp³-hybridized carbons (Fsp3) is 0.930. The summed E-state index contributed by atoms with van der Waals surface area (Å²) in [6.07, 6.45) is 34.8. The van der Waals surface area contributed by atoms with Crippen LogP contribution in [0.25, 0.3) is 0 Å². The molecule has 0 saturated carbocycles. The number of allylic oxidation sites excluding steroid dienone is 3. The van der Waals surface area contributed by atoms with Gasteiger partial charge >= 0.3 is 0 Å². The van der Waals surface area contributed by atoms with Gasteiger partial charge in [-0.3, -0.25) is 4.79 Å². The first kappa shape index (κ1) is 82.5. The molecule has 12 N–H and O–H groups in total. The zero-order valence-electron chi connectivity index (χ0n) is 56.1. The molecule has 17 atom stereocenters. The number of amides is 1. The van der Waals surface area contributed by atoms with Crippen LogP contribution >= 0.6 is 0 Å². The highest BCUT2D eigenvalue weighted by molar-refractivity contribution is 5.76. The molecule has 0 aromatic rings. The Morgan fingerprint density at radius 3 is 1.11 bits per heavy atom. The van der Waals surface area contributed by atoms with Crippen molar-refractivity contribution in [3.05, 3.63) is 24.3 Å². The van der Waals surface area contributed by atoms with Crippen LogP contribution in [0.3, 0.4) is 0 Å². The van der Waals surface area contributed by atoms with Crippen LogP contribution in [0.1, 0.15) is 290 Å². The van der Waals surface area contributed by atoms with Crippen molar-refractivity contribution in [2.75, 3.05) is 26.4 Å². The van der Waals surface area contributed by atoms with Crippen LogP contribution in [-0.4, -0.2) is 193 Å². The lowest BCUT2D eigenvalue weighted by Gasteiger charge is -2.48. The van der Waals surface area contributed by atoms with E-state index in [1.54, 1.807) is 6.08 Å². The number of rotatable bonds is 57. The van der Waals surface area contributed by atoms with Gasteiger partial charge in [0, 0.05) is 6.42 Å². The van der Waals surface area contributed by atoms with Gasteiger partial charge in [-0.25, -0.2) is 0 Å². The molecule has 530 valence electrons. The molecule has 0 spiro atoms. The van der Waals surface area contributed by atoms with E-state index in [4.69, 9.17) is 28.4 Å². The minimum Gasteiger partial charge on any atom is -0.394 e. The van der Waals surface area contributed by atoms with Gasteiger partial charge in [0.05, 0.1) is 38.6 Å². The van der Waals surface area contributed by atoms with Gasteiger partial charge in [0.2, 0.25) is 5.91 Å². The Morgan fingerprint density at radius 2 is 0.711 bits per heavy atom. The first-order valence-corrected chi connectivity index (χ1v) is 36.6. The van der Waals surface area contributed by atoms with E-state index >= 15 is 0 Å². The molecule has 19 heteroatoms. The Hall–Kier alpha value is -1.73. The minimum atomic E-state index is -1.98. The molecule has 3 fully saturated rings. The van der Waals surface area contributed by atoms with E-state index < -0.39 is 124 Å². The van der Waals surface area contributed by atoms with Gasteiger partial charge in [-0.2, -0.15) is 0 Å². The van der Waals surface area contributed by atoms with Gasteiger partial charge in [-0.1, -0.05) is 276 Å². The van der Waals surface area contributed by atoms with E-state index in [9.17, 15) is 61.0 Å². The van der Waals surface area contributed by atoms with Crippen LogP contribution in [0, 0.1) is 0 Å². The van der Waals surface area contributed by atoms with Crippen molar-refractivity contribution >= 4 is 5.91 Å². The molecule has 3 heterocycles. The third-order valence-electron chi connectivity index (χ3n) is 18.5. The van der Waals surface area contributed by atoms with Crippen LogP contribution in [0.15, 0.2) is 24.3 Å². The molecule has 1 amide bonds. The van der Waals surface area contributed by atoms with Crippen molar-refractivity contribution in [2.24, 2.45) is 0 Å². The summed E-state index contributed by atoms with van der Waals surface area (Å²) in [6, 6.07) is -0.986. The van der Waals surface area contributed by atoms with Crippen molar-refractivity contribution in [1.82, 2.24) is 5.32 Å². The van der Waals surface area contributed by atoms with Crippen molar-refractivity contribution in [2.45, 2.75) is 394 Å². The smallest absolute Gasteiger partial charge is 0.220 e. The summed E-state index contributed by atoms with van der Waals surface area (Å²) in [5.74, 6) is -0.282. The van der Waals surface area contributed by atoms with Gasteiger partial charge in [-0.05, 0) is 32.1 Å². The Morgan fingerprint density at radius 1 is 0.389 bits per heavy atom. The standard InChI is InChI=1S/C71H133NO18/c1-3-5-7-9-11-13-15-17-18-19-20-21-22-23-24-25-26-27-28-29-30-31-32-33-34-35-37-38-40-42-44-46-48-55(76)54(72-59(77)49-47-45-43-41-39-36-16-14-12-10-8-6-4-2)53-85-69-65(83)62(80)67(57(51-74)87-69)90-71-66(84)63(81)68(58(52-75)88-71)89-70-64(82)61(79)60(78)56(50-73)86-70/h38,40,46,48,54-58,60-71,73-76,78-84H,3-37,39,41-45,47,49-53H2,1-2H3,(H,72,77)/b40-38+,48-46+. The monoisotopic (exact) mass is 1290 g/mol. The second kappa shape index (κ2) is 53.4. The fourth-order valence-electron chi connectivity index (χ4n) is 12.6. The zero-order chi connectivity index (χ0) is 65.4. The van der Waals surface area contributed by atoms with Crippen molar-refractivity contribution in [3.8, 4) is 0 Å². The second-order valence-electron chi connectivity index (χ2n) is 26.4. The molecule has 0 aliphatic carbocycles. The predicted octanol–water partition coefficient (Wildman–Crippen LogP) is 10.2. The Labute approximate surface area is 543 Å². The van der Waals surface area contributed by atoms with Crippen LogP contribution in [0.5, 0.6) is 0 Å². The number of aliphatic hydroxyl groups excluding tert-OH is 11. The fourth-order valence-corrected chi connectivity index (χ4v) is 12.6. The van der Waals surface area contributed by atoms with Gasteiger partial charge in [0.15, 0.2) is 18.9 Å². The molecule has 3 saturated heterocycles. The average molecular weight is 1290 g/mol. The highest BCUT2D eigenvalue weighted by atomic mass is 16.8. The maximum atomic E-state index is 13.4. The summed E-state index contributed by atoms with van der Waals surface area (Å²) >= 11 is 0. The number of nitrogens with one attached hydrogen (secondary N) is 1. The Kier molecular flexibility index (Phi) is 49.0. The van der Waals surface area contributed by atoms with Crippen LogP contribution < -0.4 is 5.32 Å². The van der Waals surface area contributed by atoms with E-state index in [1.807, 2.05) is 6.08 Å². The van der Waals surface area contributed by atoms with Crippen LogP contribution in [-0.2, 0) is 33.2 Å². The highest BCUT2D eigenvalue weighted by Gasteiger charge is 2.53. The van der Waals surface area contributed by atoms with Gasteiger partial charge < -0.3 is 89.9 Å². The quantitative estimate of drug-likeness (QED) is 0.0199. The molecule has 90 heavy (non-hydrogen) atoms. The van der Waals surface area contributed by atoms with Gasteiger partial charge in [0.25, 0.3) is 0 Å². The van der Waals surface area contributed by atoms with Gasteiger partial charge in [-0.15, -0.1) is 0 Å². The lowest BCUT2D eigenvalue weighted by molar-refractivity contribution is -0.379. The number of hydrogen-bond donors (Lipinski definition) is 12. The summed E-state index contributed by atoms with van der Waals surface area (Å²) in [6.45, 7) is 1.74. The molecule has 0 aromatic heterocycles. The van der Waals surface area contributed by atoms with E-state index in [0.717, 1.165) is 38.5 Å². The van der Waals surface area contributed by atoms with Crippen LogP contribution in [0.4, 0.5) is 0 Å². The van der Waals surface area contributed by atoms with Gasteiger partial charge in [0.1, 0.15) is 73.2 Å². The number of ether oxygens (including phenoxy) is 6. The molecule has 3 rings (SSSR count). The molecule has 17 unspecified atom stereocenters. The molecule has 19 nitrogen and oxygen atoms in total. The Bertz CT molecular complexity index is 1730. The third-order valence-corrected chi connectivity index (χ3v) is 18.5. The summed E-state index contributed by atoms with van der Waals surface area (Å²) in [7, 11) is 0. The second-order valence-corrected chi connectivity index (χ2v) is 26.4. The molecular formula is C71H133NO18. The average Bonchev–Trinajstić information content (AvgIpc) is 0.853.